The molecule has 5 N–H and O–H groups in total. The van der Waals surface area contributed by atoms with Gasteiger partial charge in [-0.25, -0.2) is 9.97 Å². The highest BCUT2D eigenvalue weighted by Crippen LogP contribution is 2.08. The Balaban J connectivity index is 2.40. The Labute approximate surface area is 111 Å². The van der Waals surface area contributed by atoms with E-state index in [1.165, 1.54) is 0 Å². The molecular formula is C11H19N5O3. The number of carbonyl (C=O) groups is 1. The van der Waals surface area contributed by atoms with Crippen molar-refractivity contribution in [3.8, 4) is 0 Å². The first-order chi connectivity index (χ1) is 9.11. The number of nitrogen functional groups attached to an aromatic ring is 1. The lowest BCUT2D eigenvalue weighted by Gasteiger charge is -2.08. The topological polar surface area (TPSA) is 125 Å². The standard InChI is InChI=1S/C11H19N5O3/c1-2-18-7-11-15-8(12)5-10(16-11)14-3-4-19-6-9(13)17/h5H,2-4,6-7H2,1H3,(H2,13,17)(H3,12,14,15,16). The van der Waals surface area contributed by atoms with E-state index in [1.54, 1.807) is 6.07 Å². The number of nitrogens with two attached hydrogens (primary N) is 2. The number of hydrogen-bond acceptors (Lipinski definition) is 7. The number of nitrogens with zero attached hydrogens (tertiary/aromatic N) is 2. The van der Waals surface area contributed by atoms with E-state index in [2.05, 4.69) is 15.3 Å². The van der Waals surface area contributed by atoms with E-state index < -0.39 is 5.91 Å². The third-order valence-electron chi connectivity index (χ3n) is 2.02. The average molecular weight is 269 g/mol. The van der Waals surface area contributed by atoms with Crippen molar-refractivity contribution >= 4 is 17.5 Å². The second-order valence-corrected chi connectivity index (χ2v) is 3.68. The van der Waals surface area contributed by atoms with E-state index in [9.17, 15) is 4.79 Å². The minimum Gasteiger partial charge on any atom is -0.384 e. The number of rotatable bonds is 9. The molecule has 0 radical (unpaired) electrons. The van der Waals surface area contributed by atoms with Crippen molar-refractivity contribution in [2.24, 2.45) is 5.73 Å². The Bertz CT molecular complexity index is 413. The summed E-state index contributed by atoms with van der Waals surface area (Å²) in [6.45, 7) is 3.52. The van der Waals surface area contributed by atoms with Crippen LogP contribution in [0.1, 0.15) is 12.7 Å². The van der Waals surface area contributed by atoms with Gasteiger partial charge in [0, 0.05) is 19.2 Å². The maximum Gasteiger partial charge on any atom is 0.243 e. The number of ether oxygens (including phenoxy) is 2. The number of amides is 1. The molecule has 0 fully saturated rings. The van der Waals surface area contributed by atoms with Gasteiger partial charge in [-0.15, -0.1) is 0 Å². The molecule has 1 heterocycles. The van der Waals surface area contributed by atoms with Crippen LogP contribution in [0.15, 0.2) is 6.07 Å². The molecule has 0 saturated carbocycles. The summed E-state index contributed by atoms with van der Waals surface area (Å²) < 4.78 is 10.2. The zero-order valence-corrected chi connectivity index (χ0v) is 10.9. The summed E-state index contributed by atoms with van der Waals surface area (Å²) >= 11 is 0. The lowest BCUT2D eigenvalue weighted by molar-refractivity contribution is -0.122. The number of anilines is 2. The fraction of sp³-hybridized carbons (Fsp3) is 0.545. The van der Waals surface area contributed by atoms with Crippen LogP contribution >= 0.6 is 0 Å². The minimum atomic E-state index is -0.495. The maximum absolute atomic E-state index is 10.4. The van der Waals surface area contributed by atoms with Crippen molar-refractivity contribution in [2.75, 3.05) is 37.4 Å². The Morgan fingerprint density at radius 2 is 2.21 bits per heavy atom. The molecule has 0 bridgehead atoms. The van der Waals surface area contributed by atoms with Crippen LogP contribution < -0.4 is 16.8 Å². The molecule has 19 heavy (non-hydrogen) atoms. The lowest BCUT2D eigenvalue weighted by Crippen LogP contribution is -2.21. The van der Waals surface area contributed by atoms with Crippen molar-refractivity contribution in [2.45, 2.75) is 13.5 Å². The van der Waals surface area contributed by atoms with Gasteiger partial charge in [-0.2, -0.15) is 0 Å². The van der Waals surface area contributed by atoms with Crippen LogP contribution in [0.25, 0.3) is 0 Å². The van der Waals surface area contributed by atoms with Crippen molar-refractivity contribution in [3.05, 3.63) is 11.9 Å². The molecule has 1 aromatic heterocycles. The molecule has 8 nitrogen and oxygen atoms in total. The SMILES string of the molecule is CCOCc1nc(N)cc(NCCOCC(N)=O)n1. The van der Waals surface area contributed by atoms with Crippen LogP contribution in [0.4, 0.5) is 11.6 Å². The van der Waals surface area contributed by atoms with Gasteiger partial charge in [0.05, 0.1) is 6.61 Å². The number of primary amides is 1. The minimum absolute atomic E-state index is 0.0941. The molecule has 1 aromatic rings. The Kier molecular flexibility index (Phi) is 6.55. The quantitative estimate of drug-likeness (QED) is 0.516. The molecule has 0 atom stereocenters. The number of hydrogen-bond donors (Lipinski definition) is 3. The Morgan fingerprint density at radius 3 is 2.89 bits per heavy atom. The van der Waals surface area contributed by atoms with Gasteiger partial charge in [-0.3, -0.25) is 4.79 Å². The second-order valence-electron chi connectivity index (χ2n) is 3.68. The van der Waals surface area contributed by atoms with E-state index in [0.29, 0.717) is 43.8 Å². The molecule has 0 saturated heterocycles. The predicted octanol–water partition coefficient (Wildman–Crippen LogP) is -0.491. The third-order valence-corrected chi connectivity index (χ3v) is 2.02. The monoisotopic (exact) mass is 269 g/mol. The van der Waals surface area contributed by atoms with Gasteiger partial charge in [0.15, 0.2) is 5.82 Å². The van der Waals surface area contributed by atoms with Crippen molar-refractivity contribution in [1.29, 1.82) is 0 Å². The summed E-state index contributed by atoms with van der Waals surface area (Å²) in [6, 6.07) is 1.61. The van der Waals surface area contributed by atoms with Gasteiger partial charge in [0.2, 0.25) is 5.91 Å². The van der Waals surface area contributed by atoms with E-state index >= 15 is 0 Å². The summed E-state index contributed by atoms with van der Waals surface area (Å²) in [7, 11) is 0. The summed E-state index contributed by atoms with van der Waals surface area (Å²) in [4.78, 5) is 18.7. The lowest BCUT2D eigenvalue weighted by atomic mass is 10.4. The molecule has 0 unspecified atom stereocenters. The fourth-order valence-electron chi connectivity index (χ4n) is 1.29. The molecule has 0 aliphatic heterocycles. The van der Waals surface area contributed by atoms with E-state index in [4.69, 9.17) is 20.9 Å². The average Bonchev–Trinajstić information content (AvgIpc) is 2.35. The maximum atomic E-state index is 10.4. The molecule has 0 spiro atoms. The van der Waals surface area contributed by atoms with E-state index in [-0.39, 0.29) is 6.61 Å². The molecule has 0 aliphatic carbocycles. The largest absolute Gasteiger partial charge is 0.384 e. The fourth-order valence-corrected chi connectivity index (χ4v) is 1.29. The summed E-state index contributed by atoms with van der Waals surface area (Å²) in [6.07, 6.45) is 0. The second kappa shape index (κ2) is 8.22. The molecule has 0 aliphatic rings. The zero-order chi connectivity index (χ0) is 14.1. The van der Waals surface area contributed by atoms with Crippen molar-refractivity contribution in [3.63, 3.8) is 0 Å². The van der Waals surface area contributed by atoms with Gasteiger partial charge < -0.3 is 26.3 Å². The summed E-state index contributed by atoms with van der Waals surface area (Å²) in [5.74, 6) is 0.975. The molecule has 8 heteroatoms. The Morgan fingerprint density at radius 1 is 1.42 bits per heavy atom. The first-order valence-electron chi connectivity index (χ1n) is 5.93. The van der Waals surface area contributed by atoms with Crippen molar-refractivity contribution in [1.82, 2.24) is 9.97 Å². The summed E-state index contributed by atoms with van der Waals surface area (Å²) in [5, 5.41) is 3.01. The van der Waals surface area contributed by atoms with Gasteiger partial charge in [-0.1, -0.05) is 0 Å². The first-order valence-corrected chi connectivity index (χ1v) is 5.93. The Hall–Kier alpha value is -1.93. The molecule has 0 aromatic carbocycles. The van der Waals surface area contributed by atoms with Crippen LogP contribution in [-0.2, 0) is 20.9 Å². The highest BCUT2D eigenvalue weighted by Gasteiger charge is 2.02. The third kappa shape index (κ3) is 6.53. The first kappa shape index (κ1) is 15.1. The van der Waals surface area contributed by atoms with Crippen LogP contribution in [-0.4, -0.2) is 42.2 Å². The zero-order valence-electron chi connectivity index (χ0n) is 10.9. The van der Waals surface area contributed by atoms with Gasteiger partial charge in [0.1, 0.15) is 24.8 Å². The van der Waals surface area contributed by atoms with Crippen LogP contribution in [0.5, 0.6) is 0 Å². The van der Waals surface area contributed by atoms with Gasteiger partial charge in [-0.05, 0) is 6.92 Å². The van der Waals surface area contributed by atoms with Crippen LogP contribution in [0.2, 0.25) is 0 Å². The molecular weight excluding hydrogens is 250 g/mol. The molecule has 1 rings (SSSR count). The van der Waals surface area contributed by atoms with Crippen LogP contribution in [0.3, 0.4) is 0 Å². The van der Waals surface area contributed by atoms with Gasteiger partial charge in [0.25, 0.3) is 0 Å². The van der Waals surface area contributed by atoms with Crippen LogP contribution in [0, 0.1) is 0 Å². The molecule has 106 valence electrons. The number of nitrogens with one attached hydrogen (secondary N) is 1. The predicted molar refractivity (Wildman–Crippen MR) is 70.3 cm³/mol. The normalized spacial score (nSPS) is 10.4. The highest BCUT2D eigenvalue weighted by atomic mass is 16.5. The van der Waals surface area contributed by atoms with E-state index in [1.807, 2.05) is 6.92 Å². The van der Waals surface area contributed by atoms with E-state index in [0.717, 1.165) is 0 Å². The highest BCUT2D eigenvalue weighted by molar-refractivity contribution is 5.74. The number of aromatic nitrogens is 2. The van der Waals surface area contributed by atoms with Crippen molar-refractivity contribution < 1.29 is 14.3 Å². The number of carbonyl (C=O) groups excluding carboxylic acids is 1. The van der Waals surface area contributed by atoms with Gasteiger partial charge >= 0.3 is 0 Å². The molecule has 1 amide bonds. The smallest absolute Gasteiger partial charge is 0.243 e. The summed E-state index contributed by atoms with van der Waals surface area (Å²) in [5.41, 5.74) is 10.6.